The van der Waals surface area contributed by atoms with Crippen LogP contribution in [-0.2, 0) is 0 Å². The van der Waals surface area contributed by atoms with Crippen molar-refractivity contribution in [3.8, 4) is 16.9 Å². The normalized spacial score (nSPS) is 12.2. The van der Waals surface area contributed by atoms with Crippen molar-refractivity contribution in [2.75, 3.05) is 7.11 Å². The molecule has 0 aromatic heterocycles. The summed E-state index contributed by atoms with van der Waals surface area (Å²) in [7, 11) is 1.70. The van der Waals surface area contributed by atoms with Crippen LogP contribution in [0.2, 0.25) is 0 Å². The summed E-state index contributed by atoms with van der Waals surface area (Å²) in [4.78, 5) is 0. The Bertz CT molecular complexity index is 547. The second kappa shape index (κ2) is 5.23. The zero-order valence-corrected chi connectivity index (χ0v) is 11.1. The molecule has 0 radical (unpaired) electrons. The highest BCUT2D eigenvalue weighted by molar-refractivity contribution is 5.74. The lowest BCUT2D eigenvalue weighted by Gasteiger charge is -2.14. The Kier molecular flexibility index (Phi) is 3.68. The predicted octanol–water partition coefficient (Wildman–Crippen LogP) is 3.69. The molecule has 2 heteroatoms. The molecule has 2 aromatic rings. The minimum absolute atomic E-state index is 0.0266. The molecule has 1 unspecified atom stereocenters. The van der Waals surface area contributed by atoms with Gasteiger partial charge in [0.1, 0.15) is 5.75 Å². The SMILES string of the molecule is COc1ccc(C(C)N)cc1-c1ccccc1C. The molecule has 18 heavy (non-hydrogen) atoms. The second-order valence-corrected chi connectivity index (χ2v) is 4.56. The van der Waals surface area contributed by atoms with Gasteiger partial charge in [0.25, 0.3) is 0 Å². The van der Waals surface area contributed by atoms with Crippen molar-refractivity contribution >= 4 is 0 Å². The maximum atomic E-state index is 5.95. The summed E-state index contributed by atoms with van der Waals surface area (Å²) in [5.41, 5.74) is 10.6. The summed E-state index contributed by atoms with van der Waals surface area (Å²) < 4.78 is 5.45. The molecule has 0 heterocycles. The Morgan fingerprint density at radius 1 is 1.06 bits per heavy atom. The van der Waals surface area contributed by atoms with Crippen LogP contribution in [-0.4, -0.2) is 7.11 Å². The van der Waals surface area contributed by atoms with Gasteiger partial charge in [-0.3, -0.25) is 0 Å². The standard InChI is InChI=1S/C16H19NO/c1-11-6-4-5-7-14(11)15-10-13(12(2)17)8-9-16(15)18-3/h4-10,12H,17H2,1-3H3. The van der Waals surface area contributed by atoms with Crippen LogP contribution >= 0.6 is 0 Å². The first kappa shape index (κ1) is 12.7. The monoisotopic (exact) mass is 241 g/mol. The molecular formula is C16H19NO. The van der Waals surface area contributed by atoms with Crippen molar-refractivity contribution in [1.29, 1.82) is 0 Å². The fraction of sp³-hybridized carbons (Fsp3) is 0.250. The van der Waals surface area contributed by atoms with E-state index in [-0.39, 0.29) is 6.04 Å². The molecule has 0 aliphatic heterocycles. The zero-order valence-electron chi connectivity index (χ0n) is 11.1. The van der Waals surface area contributed by atoms with E-state index in [1.807, 2.05) is 31.2 Å². The molecule has 0 bridgehead atoms. The van der Waals surface area contributed by atoms with Gasteiger partial charge in [-0.25, -0.2) is 0 Å². The van der Waals surface area contributed by atoms with Gasteiger partial charge in [0.05, 0.1) is 7.11 Å². The number of ether oxygens (including phenoxy) is 1. The molecule has 2 N–H and O–H groups in total. The molecule has 0 aliphatic carbocycles. The highest BCUT2D eigenvalue weighted by atomic mass is 16.5. The molecular weight excluding hydrogens is 222 g/mol. The number of rotatable bonds is 3. The van der Waals surface area contributed by atoms with Gasteiger partial charge >= 0.3 is 0 Å². The first-order valence-electron chi connectivity index (χ1n) is 6.13. The first-order valence-corrected chi connectivity index (χ1v) is 6.13. The van der Waals surface area contributed by atoms with Gasteiger partial charge in [-0.05, 0) is 42.7 Å². The number of aryl methyl sites for hydroxylation is 1. The molecule has 2 nitrogen and oxygen atoms in total. The maximum Gasteiger partial charge on any atom is 0.126 e. The Morgan fingerprint density at radius 2 is 1.78 bits per heavy atom. The van der Waals surface area contributed by atoms with E-state index in [0.29, 0.717) is 0 Å². The fourth-order valence-electron chi connectivity index (χ4n) is 2.09. The molecule has 0 saturated carbocycles. The largest absolute Gasteiger partial charge is 0.496 e. The van der Waals surface area contributed by atoms with Gasteiger partial charge in [0.15, 0.2) is 0 Å². The van der Waals surface area contributed by atoms with Crippen LogP contribution in [0.15, 0.2) is 42.5 Å². The Balaban J connectivity index is 2.61. The lowest BCUT2D eigenvalue weighted by atomic mass is 9.96. The Labute approximate surface area is 108 Å². The van der Waals surface area contributed by atoms with Gasteiger partial charge in [0, 0.05) is 11.6 Å². The number of benzene rings is 2. The van der Waals surface area contributed by atoms with Crippen molar-refractivity contribution in [1.82, 2.24) is 0 Å². The van der Waals surface area contributed by atoms with E-state index in [1.165, 1.54) is 11.1 Å². The predicted molar refractivity (Wildman–Crippen MR) is 75.8 cm³/mol. The lowest BCUT2D eigenvalue weighted by Crippen LogP contribution is -2.05. The summed E-state index contributed by atoms with van der Waals surface area (Å²) in [6.45, 7) is 4.09. The van der Waals surface area contributed by atoms with Crippen molar-refractivity contribution in [3.63, 3.8) is 0 Å². The van der Waals surface area contributed by atoms with Crippen LogP contribution in [0.4, 0.5) is 0 Å². The summed E-state index contributed by atoms with van der Waals surface area (Å²) >= 11 is 0. The molecule has 0 aliphatic rings. The van der Waals surface area contributed by atoms with Crippen LogP contribution < -0.4 is 10.5 Å². The number of methoxy groups -OCH3 is 1. The quantitative estimate of drug-likeness (QED) is 0.889. The average molecular weight is 241 g/mol. The average Bonchev–Trinajstić information content (AvgIpc) is 2.38. The smallest absolute Gasteiger partial charge is 0.126 e. The Morgan fingerprint density at radius 3 is 2.39 bits per heavy atom. The zero-order chi connectivity index (χ0) is 13.1. The van der Waals surface area contributed by atoms with E-state index in [4.69, 9.17) is 10.5 Å². The summed E-state index contributed by atoms with van der Waals surface area (Å²) in [5, 5.41) is 0. The van der Waals surface area contributed by atoms with Crippen molar-refractivity contribution in [2.45, 2.75) is 19.9 Å². The minimum atomic E-state index is 0.0266. The van der Waals surface area contributed by atoms with Gasteiger partial charge in [-0.2, -0.15) is 0 Å². The third kappa shape index (κ3) is 2.39. The van der Waals surface area contributed by atoms with Gasteiger partial charge in [-0.1, -0.05) is 30.3 Å². The lowest BCUT2D eigenvalue weighted by molar-refractivity contribution is 0.416. The molecule has 2 aromatic carbocycles. The van der Waals surface area contributed by atoms with E-state index < -0.39 is 0 Å². The van der Waals surface area contributed by atoms with Gasteiger partial charge in [-0.15, -0.1) is 0 Å². The van der Waals surface area contributed by atoms with E-state index in [2.05, 4.69) is 25.1 Å². The summed E-state index contributed by atoms with van der Waals surface area (Å²) in [6, 6.07) is 14.4. The third-order valence-electron chi connectivity index (χ3n) is 3.18. The van der Waals surface area contributed by atoms with Gasteiger partial charge in [0.2, 0.25) is 0 Å². The minimum Gasteiger partial charge on any atom is -0.496 e. The Hall–Kier alpha value is -1.80. The fourth-order valence-corrected chi connectivity index (χ4v) is 2.09. The number of hydrogen-bond donors (Lipinski definition) is 1. The molecule has 0 saturated heterocycles. The highest BCUT2D eigenvalue weighted by Crippen LogP contribution is 2.33. The van der Waals surface area contributed by atoms with Crippen LogP contribution in [0.25, 0.3) is 11.1 Å². The first-order chi connectivity index (χ1) is 8.63. The molecule has 0 spiro atoms. The van der Waals surface area contributed by atoms with E-state index in [1.54, 1.807) is 7.11 Å². The van der Waals surface area contributed by atoms with Crippen molar-refractivity contribution in [2.24, 2.45) is 5.73 Å². The van der Waals surface area contributed by atoms with E-state index >= 15 is 0 Å². The highest BCUT2D eigenvalue weighted by Gasteiger charge is 2.10. The van der Waals surface area contributed by atoms with E-state index in [9.17, 15) is 0 Å². The topological polar surface area (TPSA) is 35.2 Å². The summed E-state index contributed by atoms with van der Waals surface area (Å²) in [6.07, 6.45) is 0. The molecule has 0 fully saturated rings. The number of nitrogens with two attached hydrogens (primary N) is 1. The van der Waals surface area contributed by atoms with Crippen molar-refractivity contribution in [3.05, 3.63) is 53.6 Å². The molecule has 1 atom stereocenters. The maximum absolute atomic E-state index is 5.95. The van der Waals surface area contributed by atoms with Crippen LogP contribution in [0.5, 0.6) is 5.75 Å². The van der Waals surface area contributed by atoms with E-state index in [0.717, 1.165) is 16.9 Å². The summed E-state index contributed by atoms with van der Waals surface area (Å²) in [5.74, 6) is 0.883. The van der Waals surface area contributed by atoms with Crippen LogP contribution in [0, 0.1) is 6.92 Å². The number of hydrogen-bond acceptors (Lipinski definition) is 2. The van der Waals surface area contributed by atoms with Crippen molar-refractivity contribution < 1.29 is 4.74 Å². The van der Waals surface area contributed by atoms with Crippen LogP contribution in [0.3, 0.4) is 0 Å². The molecule has 2 rings (SSSR count). The van der Waals surface area contributed by atoms with Gasteiger partial charge < -0.3 is 10.5 Å². The third-order valence-corrected chi connectivity index (χ3v) is 3.18. The molecule has 0 amide bonds. The second-order valence-electron chi connectivity index (χ2n) is 4.56. The van der Waals surface area contributed by atoms with Crippen LogP contribution in [0.1, 0.15) is 24.1 Å². The molecule has 94 valence electrons.